The highest BCUT2D eigenvalue weighted by atomic mass is 16.2. The lowest BCUT2D eigenvalue weighted by atomic mass is 9.95. The lowest BCUT2D eigenvalue weighted by Gasteiger charge is -2.36. The molecule has 39 heavy (non-hydrogen) atoms. The van der Waals surface area contributed by atoms with Crippen molar-refractivity contribution in [1.29, 1.82) is 0 Å². The number of piperidine rings is 1. The summed E-state index contributed by atoms with van der Waals surface area (Å²) in [5, 5.41) is 3.01. The fraction of sp³-hybridized carbons (Fsp3) is 0.500. The van der Waals surface area contributed by atoms with Crippen LogP contribution in [0.5, 0.6) is 0 Å². The van der Waals surface area contributed by atoms with Crippen LogP contribution in [0.2, 0.25) is 0 Å². The number of imidazole rings is 1. The summed E-state index contributed by atoms with van der Waals surface area (Å²) in [5.74, 6) is 0.292. The number of aromatic amines is 1. The minimum Gasteiger partial charge on any atom is -0.346 e. The molecule has 0 spiro atoms. The zero-order valence-corrected chi connectivity index (χ0v) is 23.3. The molecule has 7 heteroatoms. The maximum absolute atomic E-state index is 13.7. The third-order valence-electron chi connectivity index (χ3n) is 8.56. The number of para-hydroxylation sites is 1. The van der Waals surface area contributed by atoms with Crippen LogP contribution in [0.15, 0.2) is 48.5 Å². The first-order valence-corrected chi connectivity index (χ1v) is 14.5. The van der Waals surface area contributed by atoms with Gasteiger partial charge < -0.3 is 15.2 Å². The number of rotatable bonds is 10. The quantitative estimate of drug-likeness (QED) is 0.368. The SMILES string of the molecule is CC[C@H]1CCCCN1C(=O)C[C@H](NC(=O)[C@@H]1C[C@H]1c1ccccc1)C(=O)C[C@@H](C)c1nc2c(C)cccc2[nH]1. The van der Waals surface area contributed by atoms with Crippen LogP contribution in [0, 0.1) is 12.8 Å². The Morgan fingerprint density at radius 3 is 2.62 bits per heavy atom. The Hall–Kier alpha value is -3.48. The third kappa shape index (κ3) is 6.07. The highest BCUT2D eigenvalue weighted by Crippen LogP contribution is 2.47. The minimum atomic E-state index is -0.838. The molecule has 1 saturated heterocycles. The van der Waals surface area contributed by atoms with Gasteiger partial charge in [-0.2, -0.15) is 0 Å². The van der Waals surface area contributed by atoms with E-state index in [0.29, 0.717) is 0 Å². The van der Waals surface area contributed by atoms with Crippen LogP contribution >= 0.6 is 0 Å². The van der Waals surface area contributed by atoms with Gasteiger partial charge >= 0.3 is 0 Å². The molecule has 5 rings (SSSR count). The number of carbonyl (C=O) groups is 3. The molecule has 0 unspecified atom stereocenters. The van der Waals surface area contributed by atoms with Crippen molar-refractivity contribution in [3.8, 4) is 0 Å². The Balaban J connectivity index is 1.30. The number of carbonyl (C=O) groups excluding carboxylic acids is 3. The van der Waals surface area contributed by atoms with Gasteiger partial charge in [0.2, 0.25) is 11.8 Å². The molecule has 2 aromatic carbocycles. The number of H-pyrrole nitrogens is 1. The van der Waals surface area contributed by atoms with Crippen molar-refractivity contribution in [3.63, 3.8) is 0 Å². The van der Waals surface area contributed by atoms with Gasteiger partial charge in [-0.3, -0.25) is 14.4 Å². The first-order valence-electron chi connectivity index (χ1n) is 14.5. The molecule has 3 aromatic rings. The summed E-state index contributed by atoms with van der Waals surface area (Å²) in [6.45, 7) is 6.81. The van der Waals surface area contributed by atoms with Crippen molar-refractivity contribution in [2.24, 2.45) is 5.92 Å². The topological polar surface area (TPSA) is 95.2 Å². The van der Waals surface area contributed by atoms with E-state index in [2.05, 4.69) is 17.2 Å². The number of aryl methyl sites for hydroxylation is 1. The molecule has 5 atom stereocenters. The summed E-state index contributed by atoms with van der Waals surface area (Å²) < 4.78 is 0. The zero-order valence-electron chi connectivity index (χ0n) is 23.3. The van der Waals surface area contributed by atoms with Gasteiger partial charge in [0.1, 0.15) is 5.82 Å². The van der Waals surface area contributed by atoms with Gasteiger partial charge in [0.05, 0.1) is 23.5 Å². The molecule has 1 aromatic heterocycles. The van der Waals surface area contributed by atoms with Gasteiger partial charge in [-0.25, -0.2) is 4.98 Å². The molecule has 2 heterocycles. The Morgan fingerprint density at radius 1 is 1.08 bits per heavy atom. The van der Waals surface area contributed by atoms with E-state index in [9.17, 15) is 14.4 Å². The summed E-state index contributed by atoms with van der Waals surface area (Å²) in [7, 11) is 0. The van der Waals surface area contributed by atoms with Gasteiger partial charge in [-0.15, -0.1) is 0 Å². The van der Waals surface area contributed by atoms with Crippen molar-refractivity contribution in [3.05, 3.63) is 65.5 Å². The van der Waals surface area contributed by atoms with Crippen LogP contribution < -0.4 is 5.32 Å². The van der Waals surface area contributed by atoms with Crippen LogP contribution in [0.3, 0.4) is 0 Å². The van der Waals surface area contributed by atoms with Crippen LogP contribution in [0.25, 0.3) is 11.0 Å². The summed E-state index contributed by atoms with van der Waals surface area (Å²) in [6, 6.07) is 15.4. The molecule has 1 aliphatic heterocycles. The Bertz CT molecular complexity index is 1330. The predicted molar refractivity (Wildman–Crippen MR) is 152 cm³/mol. The van der Waals surface area contributed by atoms with E-state index in [1.165, 1.54) is 0 Å². The number of hydrogen-bond acceptors (Lipinski definition) is 4. The second-order valence-electron chi connectivity index (χ2n) is 11.4. The number of amides is 2. The van der Waals surface area contributed by atoms with Crippen LogP contribution in [0.1, 0.15) is 87.6 Å². The Morgan fingerprint density at radius 2 is 1.87 bits per heavy atom. The van der Waals surface area contributed by atoms with E-state index >= 15 is 0 Å². The van der Waals surface area contributed by atoms with Crippen molar-refractivity contribution < 1.29 is 14.4 Å². The zero-order chi connectivity index (χ0) is 27.5. The van der Waals surface area contributed by atoms with Crippen LogP contribution in [0.4, 0.5) is 0 Å². The average molecular weight is 529 g/mol. The summed E-state index contributed by atoms with van der Waals surface area (Å²) >= 11 is 0. The second kappa shape index (κ2) is 11.7. The molecule has 2 fully saturated rings. The highest BCUT2D eigenvalue weighted by Gasteiger charge is 2.45. The Kier molecular flexibility index (Phi) is 8.15. The lowest BCUT2D eigenvalue weighted by molar-refractivity contribution is -0.138. The van der Waals surface area contributed by atoms with Crippen molar-refractivity contribution in [1.82, 2.24) is 20.2 Å². The fourth-order valence-electron chi connectivity index (χ4n) is 6.09. The molecular weight excluding hydrogens is 488 g/mol. The Labute approximate surface area is 230 Å². The van der Waals surface area contributed by atoms with E-state index in [1.54, 1.807) is 0 Å². The van der Waals surface area contributed by atoms with Gasteiger partial charge in [0, 0.05) is 30.8 Å². The molecule has 1 aliphatic carbocycles. The van der Waals surface area contributed by atoms with E-state index in [4.69, 9.17) is 4.98 Å². The van der Waals surface area contributed by atoms with Gasteiger partial charge in [-0.1, -0.05) is 56.3 Å². The first kappa shape index (κ1) is 27.1. The van der Waals surface area contributed by atoms with E-state index < -0.39 is 6.04 Å². The maximum Gasteiger partial charge on any atom is 0.225 e. The molecule has 2 N–H and O–H groups in total. The molecule has 2 amide bonds. The second-order valence-corrected chi connectivity index (χ2v) is 11.4. The number of likely N-dealkylation sites (tertiary alicyclic amines) is 1. The fourth-order valence-corrected chi connectivity index (χ4v) is 6.09. The molecule has 1 saturated carbocycles. The van der Waals surface area contributed by atoms with E-state index in [1.807, 2.05) is 67.3 Å². The standard InChI is InChI=1S/C32H40N4O3/c1-4-23-14-8-9-16-36(23)29(38)19-27(34-32(39)25-18-24(25)22-12-6-5-7-13-22)28(37)17-21(3)31-33-26-15-10-11-20(2)30(26)35-31/h5-7,10-13,15,21,23-25,27H,4,8-9,14,16-19H2,1-3H3,(H,33,35)(H,34,39)/t21-,23+,24+,25-,27+/m1/s1. The highest BCUT2D eigenvalue weighted by molar-refractivity contribution is 5.95. The number of nitrogens with zero attached hydrogens (tertiary/aromatic N) is 2. The maximum atomic E-state index is 13.7. The number of benzene rings is 2. The summed E-state index contributed by atoms with van der Waals surface area (Å²) in [4.78, 5) is 50.5. The molecule has 2 aliphatic rings. The van der Waals surface area contributed by atoms with Crippen molar-refractivity contribution in [2.75, 3.05) is 6.54 Å². The average Bonchev–Trinajstić information content (AvgIpc) is 3.63. The van der Waals surface area contributed by atoms with Crippen molar-refractivity contribution >= 4 is 28.6 Å². The van der Waals surface area contributed by atoms with E-state index in [0.717, 1.165) is 66.6 Å². The molecule has 0 radical (unpaired) electrons. The minimum absolute atomic E-state index is 0.00968. The third-order valence-corrected chi connectivity index (χ3v) is 8.56. The number of hydrogen-bond donors (Lipinski definition) is 2. The smallest absolute Gasteiger partial charge is 0.225 e. The predicted octanol–water partition coefficient (Wildman–Crippen LogP) is 5.40. The number of aromatic nitrogens is 2. The lowest BCUT2D eigenvalue weighted by Crippen LogP contribution is -2.49. The number of ketones is 1. The van der Waals surface area contributed by atoms with Gasteiger partial charge in [0.25, 0.3) is 0 Å². The molecule has 0 bridgehead atoms. The van der Waals surface area contributed by atoms with Crippen LogP contribution in [-0.2, 0) is 14.4 Å². The molecule has 7 nitrogen and oxygen atoms in total. The number of nitrogens with one attached hydrogen (secondary N) is 2. The number of fused-ring (bicyclic) bond motifs is 1. The monoisotopic (exact) mass is 528 g/mol. The van der Waals surface area contributed by atoms with E-state index in [-0.39, 0.29) is 54.2 Å². The first-order chi connectivity index (χ1) is 18.9. The largest absolute Gasteiger partial charge is 0.346 e. The van der Waals surface area contributed by atoms with Gasteiger partial charge in [0.15, 0.2) is 5.78 Å². The van der Waals surface area contributed by atoms with Crippen LogP contribution in [-0.4, -0.2) is 51.1 Å². The summed E-state index contributed by atoms with van der Waals surface area (Å²) in [5.41, 5.74) is 4.07. The number of Topliss-reactive ketones (excluding diaryl/α,β-unsaturated/α-hetero) is 1. The molecular formula is C32H40N4O3. The van der Waals surface area contributed by atoms with Gasteiger partial charge in [-0.05, 0) is 62.1 Å². The molecule has 206 valence electrons. The van der Waals surface area contributed by atoms with Crippen molar-refractivity contribution in [2.45, 2.75) is 89.6 Å². The normalized spacial score (nSPS) is 22.3. The summed E-state index contributed by atoms with van der Waals surface area (Å²) in [6.07, 6.45) is 4.98.